The highest BCUT2D eigenvalue weighted by atomic mass is 35.5. The summed E-state index contributed by atoms with van der Waals surface area (Å²) in [5, 5.41) is 4.44. The number of benzene rings is 1. The molecule has 1 aromatic carbocycles. The van der Waals surface area contributed by atoms with Crippen LogP contribution in [-0.2, 0) is 6.42 Å². The Bertz CT molecular complexity index is 780. The SMILES string of the molecule is C=C(Cc1ccc(C)cc1Cl)c1csc2c1=CCCC=2. The van der Waals surface area contributed by atoms with Gasteiger partial charge in [-0.3, -0.25) is 0 Å². The quantitative estimate of drug-likeness (QED) is 0.792. The van der Waals surface area contributed by atoms with Gasteiger partial charge in [-0.1, -0.05) is 42.5 Å². The van der Waals surface area contributed by atoms with Crippen LogP contribution in [0.2, 0.25) is 5.02 Å². The third kappa shape index (κ3) is 2.61. The average Bonchev–Trinajstić information content (AvgIpc) is 2.86. The molecule has 0 aliphatic heterocycles. The van der Waals surface area contributed by atoms with Crippen LogP contribution >= 0.6 is 22.9 Å². The molecule has 0 nitrogen and oxygen atoms in total. The number of fused-ring (bicyclic) bond motifs is 1. The van der Waals surface area contributed by atoms with Gasteiger partial charge in [-0.15, -0.1) is 11.3 Å². The molecule has 0 saturated carbocycles. The summed E-state index contributed by atoms with van der Waals surface area (Å²) >= 11 is 8.14. The summed E-state index contributed by atoms with van der Waals surface area (Å²) < 4.78 is 1.39. The topological polar surface area (TPSA) is 0 Å². The lowest BCUT2D eigenvalue weighted by Crippen LogP contribution is -2.23. The van der Waals surface area contributed by atoms with Crippen molar-refractivity contribution in [3.8, 4) is 0 Å². The van der Waals surface area contributed by atoms with E-state index >= 15 is 0 Å². The van der Waals surface area contributed by atoms with E-state index < -0.39 is 0 Å². The van der Waals surface area contributed by atoms with Crippen LogP contribution in [0.15, 0.2) is 30.2 Å². The molecule has 0 unspecified atom stereocenters. The van der Waals surface area contributed by atoms with Crippen molar-refractivity contribution in [2.24, 2.45) is 0 Å². The first-order valence-electron chi connectivity index (χ1n) is 6.86. The van der Waals surface area contributed by atoms with Crippen LogP contribution in [0.4, 0.5) is 0 Å². The van der Waals surface area contributed by atoms with Gasteiger partial charge in [0, 0.05) is 9.55 Å². The summed E-state index contributed by atoms with van der Waals surface area (Å²) in [5.41, 5.74) is 4.79. The van der Waals surface area contributed by atoms with Gasteiger partial charge in [0.1, 0.15) is 0 Å². The van der Waals surface area contributed by atoms with Gasteiger partial charge in [-0.05, 0) is 65.1 Å². The molecule has 0 amide bonds. The number of thiophene rings is 1. The van der Waals surface area contributed by atoms with Crippen LogP contribution in [0.1, 0.15) is 29.5 Å². The fraction of sp³-hybridized carbons (Fsp3) is 0.222. The van der Waals surface area contributed by atoms with Crippen molar-refractivity contribution in [3.05, 3.63) is 61.6 Å². The smallest absolute Gasteiger partial charge is 0.0444 e. The van der Waals surface area contributed by atoms with E-state index in [-0.39, 0.29) is 0 Å². The van der Waals surface area contributed by atoms with E-state index in [0.29, 0.717) is 0 Å². The standard InChI is InChI=1S/C18H17ClS/c1-12-7-8-14(17(19)9-12)10-13(2)16-11-20-18-6-4-3-5-15(16)18/h5-9,11H,2-4,10H2,1H3. The van der Waals surface area contributed by atoms with Crippen molar-refractivity contribution in [1.29, 1.82) is 0 Å². The molecule has 3 rings (SSSR count). The molecule has 0 spiro atoms. The van der Waals surface area contributed by atoms with Crippen molar-refractivity contribution in [2.45, 2.75) is 26.2 Å². The zero-order valence-electron chi connectivity index (χ0n) is 11.6. The Labute approximate surface area is 128 Å². The van der Waals surface area contributed by atoms with Crippen molar-refractivity contribution < 1.29 is 0 Å². The Hall–Kier alpha value is -1.31. The second kappa shape index (κ2) is 5.59. The van der Waals surface area contributed by atoms with Crippen molar-refractivity contribution in [1.82, 2.24) is 0 Å². The van der Waals surface area contributed by atoms with E-state index in [9.17, 15) is 0 Å². The van der Waals surface area contributed by atoms with Gasteiger partial charge < -0.3 is 0 Å². The molecule has 0 fully saturated rings. The first-order valence-corrected chi connectivity index (χ1v) is 8.12. The summed E-state index contributed by atoms with van der Waals surface area (Å²) in [4.78, 5) is 0. The van der Waals surface area contributed by atoms with E-state index in [1.54, 1.807) is 0 Å². The highest BCUT2D eigenvalue weighted by Crippen LogP contribution is 2.23. The van der Waals surface area contributed by atoms with Crippen LogP contribution in [0.3, 0.4) is 0 Å². The highest BCUT2D eigenvalue weighted by Gasteiger charge is 2.09. The number of hydrogen-bond donors (Lipinski definition) is 0. The number of aryl methyl sites for hydroxylation is 1. The predicted molar refractivity (Wildman–Crippen MR) is 90.7 cm³/mol. The van der Waals surface area contributed by atoms with Gasteiger partial charge in [0.05, 0.1) is 0 Å². The molecule has 2 heteroatoms. The molecule has 20 heavy (non-hydrogen) atoms. The molecular weight excluding hydrogens is 284 g/mol. The molecule has 1 heterocycles. The van der Waals surface area contributed by atoms with E-state index in [1.165, 1.54) is 20.9 Å². The predicted octanol–water partition coefficient (Wildman–Crippen LogP) is 4.32. The van der Waals surface area contributed by atoms with E-state index in [1.807, 2.05) is 17.4 Å². The Morgan fingerprint density at radius 1 is 1.30 bits per heavy atom. The van der Waals surface area contributed by atoms with Crippen molar-refractivity contribution in [3.63, 3.8) is 0 Å². The number of rotatable bonds is 3. The summed E-state index contributed by atoms with van der Waals surface area (Å²) in [6, 6.07) is 6.24. The van der Waals surface area contributed by atoms with E-state index in [4.69, 9.17) is 11.6 Å². The lowest BCUT2D eigenvalue weighted by atomic mass is 9.98. The summed E-state index contributed by atoms with van der Waals surface area (Å²) in [5.74, 6) is 0. The monoisotopic (exact) mass is 300 g/mol. The van der Waals surface area contributed by atoms with Crippen molar-refractivity contribution >= 4 is 40.7 Å². The molecule has 1 aliphatic carbocycles. The second-order valence-electron chi connectivity index (χ2n) is 5.29. The zero-order chi connectivity index (χ0) is 14.1. The van der Waals surface area contributed by atoms with Gasteiger partial charge in [-0.25, -0.2) is 0 Å². The van der Waals surface area contributed by atoms with Gasteiger partial charge in [0.25, 0.3) is 0 Å². The lowest BCUT2D eigenvalue weighted by Gasteiger charge is -2.08. The molecule has 102 valence electrons. The Balaban J connectivity index is 1.93. The van der Waals surface area contributed by atoms with Crippen LogP contribution < -0.4 is 9.75 Å². The minimum Gasteiger partial charge on any atom is -0.144 e. The molecule has 0 radical (unpaired) electrons. The highest BCUT2D eigenvalue weighted by molar-refractivity contribution is 7.08. The first kappa shape index (κ1) is 13.7. The van der Waals surface area contributed by atoms with Gasteiger partial charge in [-0.2, -0.15) is 0 Å². The van der Waals surface area contributed by atoms with Crippen LogP contribution in [0, 0.1) is 6.92 Å². The molecule has 0 atom stereocenters. The maximum absolute atomic E-state index is 6.33. The number of halogens is 1. The molecular formula is C18H17ClS. The van der Waals surface area contributed by atoms with E-state index in [0.717, 1.165) is 35.4 Å². The van der Waals surface area contributed by atoms with Crippen molar-refractivity contribution in [2.75, 3.05) is 0 Å². The Kier molecular flexibility index (Phi) is 3.82. The van der Waals surface area contributed by atoms with Crippen LogP contribution in [0.25, 0.3) is 17.7 Å². The molecule has 0 bridgehead atoms. The normalized spacial score (nSPS) is 13.3. The lowest BCUT2D eigenvalue weighted by molar-refractivity contribution is 1.12. The molecule has 2 aromatic rings. The third-order valence-corrected chi connectivity index (χ3v) is 5.04. The van der Waals surface area contributed by atoms with Gasteiger partial charge in [0.15, 0.2) is 0 Å². The minimum absolute atomic E-state index is 0.816. The summed E-state index contributed by atoms with van der Waals surface area (Å²) in [6.45, 7) is 6.34. The molecule has 1 aromatic heterocycles. The average molecular weight is 301 g/mol. The maximum atomic E-state index is 6.33. The maximum Gasteiger partial charge on any atom is 0.0444 e. The number of allylic oxidation sites excluding steroid dienone is 1. The first-order chi connectivity index (χ1) is 9.65. The molecule has 1 aliphatic rings. The van der Waals surface area contributed by atoms with Gasteiger partial charge >= 0.3 is 0 Å². The van der Waals surface area contributed by atoms with Crippen LogP contribution in [0.5, 0.6) is 0 Å². The molecule has 0 N–H and O–H groups in total. The Morgan fingerprint density at radius 2 is 2.10 bits per heavy atom. The summed E-state index contributed by atoms with van der Waals surface area (Å²) in [7, 11) is 0. The van der Waals surface area contributed by atoms with Crippen LogP contribution in [-0.4, -0.2) is 0 Å². The number of hydrogen-bond acceptors (Lipinski definition) is 1. The zero-order valence-corrected chi connectivity index (χ0v) is 13.2. The minimum atomic E-state index is 0.816. The van der Waals surface area contributed by atoms with E-state index in [2.05, 4.69) is 43.2 Å². The summed E-state index contributed by atoms with van der Waals surface area (Å²) in [6.07, 6.45) is 7.77. The third-order valence-electron chi connectivity index (χ3n) is 3.70. The fourth-order valence-electron chi connectivity index (χ4n) is 2.59. The Morgan fingerprint density at radius 3 is 2.90 bits per heavy atom. The largest absolute Gasteiger partial charge is 0.144 e. The molecule has 0 saturated heterocycles. The van der Waals surface area contributed by atoms with Gasteiger partial charge in [0.2, 0.25) is 0 Å². The second-order valence-corrected chi connectivity index (χ2v) is 6.61. The fourth-order valence-corrected chi connectivity index (χ4v) is 3.96.